The molecule has 0 spiro atoms. The molecule has 0 aromatic heterocycles. The Bertz CT molecular complexity index is 965. The lowest BCUT2D eigenvalue weighted by Gasteiger charge is -2.18. The average molecular weight is 431 g/mol. The molecule has 1 aliphatic heterocycles. The van der Waals surface area contributed by atoms with Crippen molar-refractivity contribution in [3.8, 4) is 29.1 Å². The van der Waals surface area contributed by atoms with Crippen molar-refractivity contribution in [2.75, 3.05) is 25.6 Å². The van der Waals surface area contributed by atoms with Crippen LogP contribution < -0.4 is 19.5 Å². The number of amides is 1. The fourth-order valence-electron chi connectivity index (χ4n) is 2.46. The molecule has 0 fully saturated rings. The Balaban J connectivity index is 1.83. The third kappa shape index (κ3) is 4.15. The minimum absolute atomic E-state index is 0.100. The molecule has 1 aliphatic rings. The predicted molar refractivity (Wildman–Crippen MR) is 102 cm³/mol. The van der Waals surface area contributed by atoms with E-state index in [1.54, 1.807) is 24.3 Å². The molecule has 27 heavy (non-hydrogen) atoms. The molecule has 0 unspecified atom stereocenters. The summed E-state index contributed by atoms with van der Waals surface area (Å²) in [6, 6.07) is 9.81. The van der Waals surface area contributed by atoms with Crippen LogP contribution in [0.15, 0.2) is 40.4 Å². The molecule has 2 aromatic carbocycles. The van der Waals surface area contributed by atoms with Crippen LogP contribution in [0.2, 0.25) is 0 Å². The highest BCUT2D eigenvalue weighted by molar-refractivity contribution is 9.10. The van der Waals surface area contributed by atoms with E-state index in [1.165, 1.54) is 19.3 Å². The van der Waals surface area contributed by atoms with Gasteiger partial charge in [-0.1, -0.05) is 15.9 Å². The maximum atomic E-state index is 12.5. The summed E-state index contributed by atoms with van der Waals surface area (Å²) in [7, 11) is 1.43. The number of aromatic hydroxyl groups is 1. The maximum absolute atomic E-state index is 12.5. The second kappa shape index (κ2) is 8.01. The smallest absolute Gasteiger partial charge is 0.266 e. The zero-order valence-electron chi connectivity index (χ0n) is 14.3. The van der Waals surface area contributed by atoms with E-state index in [4.69, 9.17) is 14.2 Å². The summed E-state index contributed by atoms with van der Waals surface area (Å²) < 4.78 is 16.5. The number of nitrogens with zero attached hydrogens (tertiary/aromatic N) is 1. The average Bonchev–Trinajstić information content (AvgIpc) is 2.68. The van der Waals surface area contributed by atoms with E-state index in [9.17, 15) is 15.2 Å². The van der Waals surface area contributed by atoms with Crippen LogP contribution in [0.3, 0.4) is 0 Å². The quantitative estimate of drug-likeness (QED) is 0.568. The Morgan fingerprint density at radius 1 is 1.30 bits per heavy atom. The minimum Gasteiger partial charge on any atom is -0.504 e. The van der Waals surface area contributed by atoms with Gasteiger partial charge in [-0.25, -0.2) is 0 Å². The van der Waals surface area contributed by atoms with Crippen molar-refractivity contribution in [1.82, 2.24) is 0 Å². The number of carbonyl (C=O) groups is 1. The highest BCUT2D eigenvalue weighted by atomic mass is 79.9. The fraction of sp³-hybridized carbons (Fsp3) is 0.158. The number of phenolic OH excluding ortho intramolecular Hbond substituents is 1. The fourth-order valence-corrected chi connectivity index (χ4v) is 2.89. The van der Waals surface area contributed by atoms with Gasteiger partial charge in [0.1, 0.15) is 24.9 Å². The number of phenols is 1. The second-order valence-corrected chi connectivity index (χ2v) is 6.38. The number of hydrogen-bond donors (Lipinski definition) is 2. The van der Waals surface area contributed by atoms with Crippen LogP contribution in [0.1, 0.15) is 5.56 Å². The van der Waals surface area contributed by atoms with Crippen LogP contribution in [0, 0.1) is 11.3 Å². The number of hydrogen-bond acceptors (Lipinski definition) is 6. The first kappa shape index (κ1) is 18.6. The van der Waals surface area contributed by atoms with Crippen molar-refractivity contribution in [2.24, 2.45) is 0 Å². The van der Waals surface area contributed by atoms with E-state index < -0.39 is 5.91 Å². The van der Waals surface area contributed by atoms with E-state index in [2.05, 4.69) is 21.2 Å². The maximum Gasteiger partial charge on any atom is 0.266 e. The van der Waals surface area contributed by atoms with Crippen molar-refractivity contribution >= 4 is 33.6 Å². The summed E-state index contributed by atoms with van der Waals surface area (Å²) in [4.78, 5) is 12.5. The number of anilines is 1. The number of carbonyl (C=O) groups excluding carboxylic acids is 1. The number of ether oxygens (including phenoxy) is 3. The molecule has 0 radical (unpaired) electrons. The van der Waals surface area contributed by atoms with Gasteiger partial charge in [-0.2, -0.15) is 5.26 Å². The monoisotopic (exact) mass is 430 g/mol. The number of rotatable bonds is 4. The lowest BCUT2D eigenvalue weighted by atomic mass is 10.1. The van der Waals surface area contributed by atoms with Crippen LogP contribution >= 0.6 is 15.9 Å². The number of halogens is 1. The van der Waals surface area contributed by atoms with Gasteiger partial charge in [0, 0.05) is 16.2 Å². The third-order valence-electron chi connectivity index (χ3n) is 3.76. The van der Waals surface area contributed by atoms with E-state index in [0.29, 0.717) is 40.4 Å². The largest absolute Gasteiger partial charge is 0.504 e. The Hall–Kier alpha value is -3.18. The summed E-state index contributed by atoms with van der Waals surface area (Å²) in [6.45, 7) is 0.909. The molecule has 0 saturated heterocycles. The molecule has 1 heterocycles. The highest BCUT2D eigenvalue weighted by Gasteiger charge is 2.15. The Morgan fingerprint density at radius 2 is 2.04 bits per heavy atom. The highest BCUT2D eigenvalue weighted by Crippen LogP contribution is 2.34. The molecule has 8 heteroatoms. The van der Waals surface area contributed by atoms with Crippen LogP contribution in [0.5, 0.6) is 23.0 Å². The van der Waals surface area contributed by atoms with Crippen molar-refractivity contribution in [2.45, 2.75) is 0 Å². The van der Waals surface area contributed by atoms with Crippen LogP contribution in [-0.4, -0.2) is 31.3 Å². The summed E-state index contributed by atoms with van der Waals surface area (Å²) in [5.74, 6) is 0.725. The summed E-state index contributed by atoms with van der Waals surface area (Å²) in [6.07, 6.45) is 1.37. The first-order valence-electron chi connectivity index (χ1n) is 7.91. The third-order valence-corrected chi connectivity index (χ3v) is 4.45. The molecular weight excluding hydrogens is 416 g/mol. The molecule has 0 saturated carbocycles. The standard InChI is InChI=1S/C19H15BrN2O5/c1-25-17-9-14(20)11(7-15(17)23)6-12(10-21)19(24)22-13-2-3-16-18(8-13)27-5-4-26-16/h2-3,6-9,23H,4-5H2,1H3,(H,22,24). The molecular formula is C19H15BrN2O5. The summed E-state index contributed by atoms with van der Waals surface area (Å²) in [5.41, 5.74) is 0.805. The van der Waals surface area contributed by atoms with Crippen LogP contribution in [-0.2, 0) is 4.79 Å². The predicted octanol–water partition coefficient (Wildman–Crippen LogP) is 3.48. The normalized spacial score (nSPS) is 12.9. The molecule has 0 atom stereocenters. The minimum atomic E-state index is -0.587. The number of fused-ring (bicyclic) bond motifs is 1. The van der Waals surface area contributed by atoms with Gasteiger partial charge in [-0.05, 0) is 35.9 Å². The first-order valence-corrected chi connectivity index (χ1v) is 8.70. The van der Waals surface area contributed by atoms with Crippen molar-refractivity contribution < 1.29 is 24.1 Å². The SMILES string of the molecule is COc1cc(Br)c(C=C(C#N)C(=O)Nc2ccc3c(c2)OCCO3)cc1O. The number of benzene rings is 2. The summed E-state index contributed by atoms with van der Waals surface area (Å²) >= 11 is 3.33. The Kier molecular flexibility index (Phi) is 5.52. The molecule has 7 nitrogen and oxygen atoms in total. The van der Waals surface area contributed by atoms with Gasteiger partial charge < -0.3 is 24.6 Å². The molecule has 3 rings (SSSR count). The zero-order valence-corrected chi connectivity index (χ0v) is 15.9. The molecule has 2 N–H and O–H groups in total. The van der Waals surface area contributed by atoms with Gasteiger partial charge in [-0.15, -0.1) is 0 Å². The number of nitriles is 1. The van der Waals surface area contributed by atoms with Crippen LogP contribution in [0.25, 0.3) is 6.08 Å². The van der Waals surface area contributed by atoms with E-state index in [-0.39, 0.29) is 17.1 Å². The van der Waals surface area contributed by atoms with Gasteiger partial charge in [0.15, 0.2) is 23.0 Å². The van der Waals surface area contributed by atoms with E-state index in [1.807, 2.05) is 6.07 Å². The van der Waals surface area contributed by atoms with Crippen molar-refractivity contribution in [3.05, 3.63) is 45.9 Å². The van der Waals surface area contributed by atoms with Gasteiger partial charge >= 0.3 is 0 Å². The summed E-state index contributed by atoms with van der Waals surface area (Å²) in [5, 5.41) is 21.9. The van der Waals surface area contributed by atoms with Gasteiger partial charge in [-0.3, -0.25) is 4.79 Å². The number of methoxy groups -OCH3 is 1. The lowest BCUT2D eigenvalue weighted by molar-refractivity contribution is -0.112. The van der Waals surface area contributed by atoms with Crippen molar-refractivity contribution in [3.63, 3.8) is 0 Å². The molecule has 2 aromatic rings. The molecule has 1 amide bonds. The Morgan fingerprint density at radius 3 is 2.74 bits per heavy atom. The van der Waals surface area contributed by atoms with Crippen LogP contribution in [0.4, 0.5) is 5.69 Å². The number of nitrogens with one attached hydrogen (secondary N) is 1. The lowest BCUT2D eigenvalue weighted by Crippen LogP contribution is -2.17. The zero-order chi connectivity index (χ0) is 19.4. The van der Waals surface area contributed by atoms with Gasteiger partial charge in [0.05, 0.1) is 7.11 Å². The molecule has 0 bridgehead atoms. The molecule has 138 valence electrons. The molecule has 0 aliphatic carbocycles. The van der Waals surface area contributed by atoms with E-state index in [0.717, 1.165) is 0 Å². The second-order valence-electron chi connectivity index (χ2n) is 5.53. The van der Waals surface area contributed by atoms with Crippen molar-refractivity contribution in [1.29, 1.82) is 5.26 Å². The van der Waals surface area contributed by atoms with E-state index >= 15 is 0 Å². The van der Waals surface area contributed by atoms with Gasteiger partial charge in [0.2, 0.25) is 0 Å². The van der Waals surface area contributed by atoms with Gasteiger partial charge in [0.25, 0.3) is 5.91 Å². The topological polar surface area (TPSA) is 101 Å². The first-order chi connectivity index (χ1) is 13.0. The Labute approximate surface area is 163 Å².